The van der Waals surface area contributed by atoms with Crippen LogP contribution in [0, 0.1) is 5.82 Å². The van der Waals surface area contributed by atoms with Gasteiger partial charge in [-0.15, -0.1) is 0 Å². The molecule has 3 nitrogen and oxygen atoms in total. The Morgan fingerprint density at radius 3 is 2.80 bits per heavy atom. The number of hydrogen-bond acceptors (Lipinski definition) is 3. The van der Waals surface area contributed by atoms with Gasteiger partial charge in [0.05, 0.1) is 5.39 Å². The van der Waals surface area contributed by atoms with Crippen molar-refractivity contribution in [3.8, 4) is 0 Å². The highest BCUT2D eigenvalue weighted by Crippen LogP contribution is 2.30. The van der Waals surface area contributed by atoms with Gasteiger partial charge in [-0.05, 0) is 36.4 Å². The third kappa shape index (κ3) is 2.26. The molecular weight excluding hydrogens is 277 g/mol. The predicted octanol–water partition coefficient (Wildman–Crippen LogP) is 4.35. The van der Waals surface area contributed by atoms with Crippen LogP contribution in [0.4, 0.5) is 21.6 Å². The van der Waals surface area contributed by atoms with Gasteiger partial charge >= 0.3 is 0 Å². The fourth-order valence-corrected chi connectivity index (χ4v) is 2.27. The maximum atomic E-state index is 14.0. The summed E-state index contributed by atoms with van der Waals surface area (Å²) in [6.07, 6.45) is 1.59. The lowest BCUT2D eigenvalue weighted by Gasteiger charge is -2.11. The molecule has 0 bridgehead atoms. The smallest absolute Gasteiger partial charge is 0.141 e. The molecule has 0 unspecified atom stereocenters. The Bertz CT molecular complexity index is 789. The molecule has 1 aromatic heterocycles. The first-order chi connectivity index (χ1) is 9.65. The molecule has 3 N–H and O–H groups in total. The summed E-state index contributed by atoms with van der Waals surface area (Å²) in [6, 6.07) is 11.7. The number of pyridine rings is 1. The van der Waals surface area contributed by atoms with Crippen LogP contribution in [0.5, 0.6) is 0 Å². The Kier molecular flexibility index (Phi) is 3.16. The number of nitrogen functional groups attached to an aromatic ring is 1. The molecule has 0 aliphatic heterocycles. The summed E-state index contributed by atoms with van der Waals surface area (Å²) in [7, 11) is 0. The van der Waals surface area contributed by atoms with Crippen molar-refractivity contribution < 1.29 is 4.39 Å². The summed E-state index contributed by atoms with van der Waals surface area (Å²) in [4.78, 5) is 4.18. The van der Waals surface area contributed by atoms with E-state index < -0.39 is 0 Å². The predicted molar refractivity (Wildman–Crippen MR) is 80.8 cm³/mol. The summed E-state index contributed by atoms with van der Waals surface area (Å²) in [5, 5.41) is 4.65. The van der Waals surface area contributed by atoms with E-state index in [0.717, 1.165) is 5.69 Å². The van der Waals surface area contributed by atoms with Crippen molar-refractivity contribution in [1.29, 1.82) is 0 Å². The lowest BCUT2D eigenvalue weighted by Crippen LogP contribution is -1.98. The molecule has 0 saturated carbocycles. The van der Waals surface area contributed by atoms with Gasteiger partial charge in [0.2, 0.25) is 0 Å². The topological polar surface area (TPSA) is 50.9 Å². The quantitative estimate of drug-likeness (QED) is 0.689. The zero-order valence-corrected chi connectivity index (χ0v) is 11.2. The Hall–Kier alpha value is -2.33. The second-order valence-electron chi connectivity index (χ2n) is 4.35. The van der Waals surface area contributed by atoms with Crippen LogP contribution in [-0.2, 0) is 0 Å². The van der Waals surface area contributed by atoms with E-state index in [0.29, 0.717) is 27.3 Å². The van der Waals surface area contributed by atoms with Crippen molar-refractivity contribution in [2.75, 3.05) is 11.1 Å². The number of hydrogen-bond donors (Lipinski definition) is 2. The van der Waals surface area contributed by atoms with Gasteiger partial charge < -0.3 is 11.1 Å². The number of fused-ring (bicyclic) bond motifs is 1. The Morgan fingerprint density at radius 1 is 1.15 bits per heavy atom. The molecule has 20 heavy (non-hydrogen) atoms. The summed E-state index contributed by atoms with van der Waals surface area (Å²) in [5.74, 6) is 0.0430. The van der Waals surface area contributed by atoms with E-state index in [1.54, 1.807) is 36.5 Å². The van der Waals surface area contributed by atoms with Crippen molar-refractivity contribution in [1.82, 2.24) is 4.98 Å². The van der Waals surface area contributed by atoms with Crippen molar-refractivity contribution in [2.24, 2.45) is 0 Å². The fraction of sp³-hybridized carbons (Fsp3) is 0. The van der Waals surface area contributed by atoms with E-state index in [4.69, 9.17) is 17.3 Å². The molecule has 0 aliphatic rings. The highest BCUT2D eigenvalue weighted by atomic mass is 35.5. The van der Waals surface area contributed by atoms with E-state index in [-0.39, 0.29) is 5.82 Å². The zero-order chi connectivity index (χ0) is 14.1. The molecular formula is C15H11ClFN3. The van der Waals surface area contributed by atoms with Crippen LogP contribution in [0.15, 0.2) is 48.7 Å². The average Bonchev–Trinajstić information content (AvgIpc) is 2.43. The van der Waals surface area contributed by atoms with Gasteiger partial charge in [0, 0.05) is 28.0 Å². The van der Waals surface area contributed by atoms with E-state index in [2.05, 4.69) is 10.3 Å². The molecule has 0 spiro atoms. The normalized spacial score (nSPS) is 10.7. The fourth-order valence-electron chi connectivity index (χ4n) is 2.08. The Labute approximate surface area is 120 Å². The maximum absolute atomic E-state index is 14.0. The Morgan fingerprint density at radius 2 is 2.00 bits per heavy atom. The van der Waals surface area contributed by atoms with Crippen molar-refractivity contribution in [3.63, 3.8) is 0 Å². The maximum Gasteiger partial charge on any atom is 0.141 e. The first-order valence-electron chi connectivity index (χ1n) is 6.00. The number of rotatable bonds is 2. The third-order valence-electron chi connectivity index (χ3n) is 3.00. The summed E-state index contributed by atoms with van der Waals surface area (Å²) in [5.41, 5.74) is 7.12. The molecule has 100 valence electrons. The molecule has 0 amide bonds. The minimum absolute atomic E-state index is 0.368. The van der Waals surface area contributed by atoms with Gasteiger partial charge in [-0.1, -0.05) is 17.7 Å². The van der Waals surface area contributed by atoms with Gasteiger partial charge in [-0.25, -0.2) is 9.37 Å². The van der Waals surface area contributed by atoms with Crippen molar-refractivity contribution >= 4 is 39.6 Å². The lowest BCUT2D eigenvalue weighted by molar-refractivity contribution is 0.640. The summed E-state index contributed by atoms with van der Waals surface area (Å²) >= 11 is 5.93. The highest BCUT2D eigenvalue weighted by Gasteiger charge is 2.10. The molecule has 2 aromatic carbocycles. The molecule has 1 heterocycles. The molecule has 0 atom stereocenters. The van der Waals surface area contributed by atoms with Crippen LogP contribution in [0.3, 0.4) is 0 Å². The lowest BCUT2D eigenvalue weighted by atomic mass is 10.1. The van der Waals surface area contributed by atoms with Crippen LogP contribution in [-0.4, -0.2) is 4.98 Å². The van der Waals surface area contributed by atoms with Crippen molar-refractivity contribution in [2.45, 2.75) is 0 Å². The molecule has 0 fully saturated rings. The van der Waals surface area contributed by atoms with E-state index in [1.165, 1.54) is 6.07 Å². The van der Waals surface area contributed by atoms with Crippen LogP contribution in [0.2, 0.25) is 5.02 Å². The SMILES string of the molecule is Nc1ccc(F)c2c(Nc3cccc(Cl)c3)nccc12. The second-order valence-corrected chi connectivity index (χ2v) is 4.79. The molecule has 0 radical (unpaired) electrons. The molecule has 3 aromatic rings. The minimum Gasteiger partial charge on any atom is -0.398 e. The molecule has 0 aliphatic carbocycles. The van der Waals surface area contributed by atoms with Gasteiger partial charge in [0.1, 0.15) is 11.6 Å². The third-order valence-corrected chi connectivity index (χ3v) is 3.23. The van der Waals surface area contributed by atoms with Crippen LogP contribution in [0.25, 0.3) is 10.8 Å². The van der Waals surface area contributed by atoms with Gasteiger partial charge in [-0.2, -0.15) is 0 Å². The van der Waals surface area contributed by atoms with E-state index >= 15 is 0 Å². The van der Waals surface area contributed by atoms with Crippen molar-refractivity contribution in [3.05, 3.63) is 59.5 Å². The molecule has 0 saturated heterocycles. The monoisotopic (exact) mass is 287 g/mol. The molecule has 3 rings (SSSR count). The number of nitrogens with zero attached hydrogens (tertiary/aromatic N) is 1. The number of aromatic nitrogens is 1. The average molecular weight is 288 g/mol. The van der Waals surface area contributed by atoms with E-state index in [9.17, 15) is 4.39 Å². The second kappa shape index (κ2) is 4.98. The molecule has 5 heteroatoms. The summed E-state index contributed by atoms with van der Waals surface area (Å²) in [6.45, 7) is 0. The number of benzene rings is 2. The number of nitrogens with two attached hydrogens (primary N) is 1. The highest BCUT2D eigenvalue weighted by molar-refractivity contribution is 6.30. The van der Waals surface area contributed by atoms with Crippen LogP contribution < -0.4 is 11.1 Å². The van der Waals surface area contributed by atoms with E-state index in [1.807, 2.05) is 6.07 Å². The zero-order valence-electron chi connectivity index (χ0n) is 10.4. The Balaban J connectivity index is 2.15. The van der Waals surface area contributed by atoms with Gasteiger partial charge in [0.25, 0.3) is 0 Å². The first-order valence-corrected chi connectivity index (χ1v) is 6.38. The minimum atomic E-state index is -0.369. The van der Waals surface area contributed by atoms with Gasteiger partial charge in [0.15, 0.2) is 0 Å². The first kappa shape index (κ1) is 12.7. The number of halogens is 2. The standard InChI is InChI=1S/C15H11ClFN3/c16-9-2-1-3-10(8-9)20-15-14-11(6-7-19-15)13(18)5-4-12(14)17/h1-8H,18H2,(H,19,20). The van der Waals surface area contributed by atoms with Gasteiger partial charge in [-0.3, -0.25) is 0 Å². The largest absolute Gasteiger partial charge is 0.398 e. The van der Waals surface area contributed by atoms with Crippen LogP contribution >= 0.6 is 11.6 Å². The summed E-state index contributed by atoms with van der Waals surface area (Å²) < 4.78 is 14.0. The number of nitrogens with one attached hydrogen (secondary N) is 1. The number of anilines is 3. The van der Waals surface area contributed by atoms with Crippen LogP contribution in [0.1, 0.15) is 0 Å².